The number of hydrogen-bond acceptors (Lipinski definition) is 3. The van der Waals surface area contributed by atoms with Gasteiger partial charge in [0.15, 0.2) is 0 Å². The highest BCUT2D eigenvalue weighted by Gasteiger charge is 2.25. The van der Waals surface area contributed by atoms with Crippen LogP contribution in [0.2, 0.25) is 0 Å². The quantitative estimate of drug-likeness (QED) is 0.873. The number of nitrogens with one attached hydrogen (secondary N) is 1. The van der Waals surface area contributed by atoms with Crippen molar-refractivity contribution in [2.45, 2.75) is 31.2 Å². The summed E-state index contributed by atoms with van der Waals surface area (Å²) in [6.07, 6.45) is 0.661. The van der Waals surface area contributed by atoms with Crippen LogP contribution < -0.4 is 4.72 Å². The van der Waals surface area contributed by atoms with Crippen molar-refractivity contribution in [2.24, 2.45) is 5.92 Å². The number of thiophene rings is 1. The molecule has 1 N–H and O–H groups in total. The highest BCUT2D eigenvalue weighted by molar-refractivity contribution is 7.89. The summed E-state index contributed by atoms with van der Waals surface area (Å²) in [5.41, 5.74) is 0. The smallest absolute Gasteiger partial charge is 0.207 e. The number of sulfonamides is 1. The van der Waals surface area contributed by atoms with Gasteiger partial charge in [0.05, 0.1) is 6.04 Å². The van der Waals surface area contributed by atoms with Gasteiger partial charge in [0.2, 0.25) is 10.0 Å². The normalized spacial score (nSPS) is 13.5. The molecule has 0 aliphatic heterocycles. The molecule has 0 amide bonds. The van der Waals surface area contributed by atoms with Crippen LogP contribution in [0.1, 0.15) is 31.2 Å². The summed E-state index contributed by atoms with van der Waals surface area (Å²) in [7, 11) is -3.88. The van der Waals surface area contributed by atoms with Crippen molar-refractivity contribution >= 4 is 21.4 Å². The first-order valence-electron chi connectivity index (χ1n) is 6.70. The third-order valence-electron chi connectivity index (χ3n) is 3.02. The summed E-state index contributed by atoms with van der Waals surface area (Å²) in [6.45, 7) is 4.05. The highest BCUT2D eigenvalue weighted by Crippen LogP contribution is 2.27. The van der Waals surface area contributed by atoms with E-state index in [1.165, 1.54) is 29.5 Å². The van der Waals surface area contributed by atoms with Crippen LogP contribution in [0.25, 0.3) is 0 Å². The Morgan fingerprint density at radius 3 is 2.48 bits per heavy atom. The van der Waals surface area contributed by atoms with Gasteiger partial charge in [-0.3, -0.25) is 0 Å². The van der Waals surface area contributed by atoms with Crippen molar-refractivity contribution in [1.29, 1.82) is 0 Å². The molecule has 114 valence electrons. The largest absolute Gasteiger partial charge is 0.244 e. The van der Waals surface area contributed by atoms with Crippen LogP contribution in [0.4, 0.5) is 4.39 Å². The molecule has 2 rings (SSSR count). The second-order valence-corrected chi connectivity index (χ2v) is 7.91. The molecule has 0 radical (unpaired) electrons. The number of hydrogen-bond donors (Lipinski definition) is 1. The average molecular weight is 327 g/mol. The molecule has 0 saturated carbocycles. The maximum Gasteiger partial charge on any atom is 0.244 e. The van der Waals surface area contributed by atoms with Crippen molar-refractivity contribution in [1.82, 2.24) is 4.72 Å². The van der Waals surface area contributed by atoms with E-state index in [0.717, 1.165) is 10.9 Å². The average Bonchev–Trinajstić information content (AvgIpc) is 2.91. The molecule has 3 nitrogen and oxygen atoms in total. The molecular weight excluding hydrogens is 309 g/mol. The molecule has 21 heavy (non-hydrogen) atoms. The standard InChI is InChI=1S/C15H18FNO2S2/c1-11(2)10-13(14-7-5-9-20-14)17-21(18,19)15-8-4-3-6-12(15)16/h3-9,11,13,17H,10H2,1-2H3. The number of benzene rings is 1. The second kappa shape index (κ2) is 6.68. The van der Waals surface area contributed by atoms with Gasteiger partial charge in [0, 0.05) is 4.88 Å². The van der Waals surface area contributed by atoms with Crippen molar-refractivity contribution in [3.8, 4) is 0 Å². The molecule has 2 aromatic rings. The topological polar surface area (TPSA) is 46.2 Å². The summed E-state index contributed by atoms with van der Waals surface area (Å²) >= 11 is 1.49. The Balaban J connectivity index is 2.30. The zero-order valence-electron chi connectivity index (χ0n) is 11.9. The SMILES string of the molecule is CC(C)CC(NS(=O)(=O)c1ccccc1F)c1cccs1. The van der Waals surface area contributed by atoms with Gasteiger partial charge in [-0.15, -0.1) is 11.3 Å². The van der Waals surface area contributed by atoms with E-state index in [9.17, 15) is 12.8 Å². The van der Waals surface area contributed by atoms with Gasteiger partial charge >= 0.3 is 0 Å². The van der Waals surface area contributed by atoms with Crippen molar-refractivity contribution in [2.75, 3.05) is 0 Å². The molecule has 1 heterocycles. The molecule has 1 aromatic carbocycles. The van der Waals surface area contributed by atoms with E-state index < -0.39 is 15.8 Å². The zero-order valence-corrected chi connectivity index (χ0v) is 13.5. The Kier molecular flexibility index (Phi) is 5.13. The maximum absolute atomic E-state index is 13.7. The fraction of sp³-hybridized carbons (Fsp3) is 0.333. The van der Waals surface area contributed by atoms with Crippen molar-refractivity contribution in [3.05, 3.63) is 52.5 Å². The fourth-order valence-corrected chi connectivity index (χ4v) is 4.27. The van der Waals surface area contributed by atoms with Gasteiger partial charge in [0.1, 0.15) is 10.7 Å². The lowest BCUT2D eigenvalue weighted by Gasteiger charge is -2.19. The summed E-state index contributed by atoms with van der Waals surface area (Å²) < 4.78 is 41.1. The molecule has 0 bridgehead atoms. The maximum atomic E-state index is 13.7. The first-order valence-corrected chi connectivity index (χ1v) is 9.06. The van der Waals surface area contributed by atoms with E-state index in [1.54, 1.807) is 0 Å². The summed E-state index contributed by atoms with van der Waals surface area (Å²) in [5.74, 6) is -0.417. The molecule has 1 aromatic heterocycles. The fourth-order valence-electron chi connectivity index (χ4n) is 2.10. The van der Waals surface area contributed by atoms with E-state index in [2.05, 4.69) is 4.72 Å². The van der Waals surface area contributed by atoms with Gasteiger partial charge in [-0.1, -0.05) is 32.0 Å². The Bertz CT molecular complexity index is 681. The molecule has 0 fully saturated rings. The van der Waals surface area contributed by atoms with Gasteiger partial charge in [-0.2, -0.15) is 0 Å². The van der Waals surface area contributed by atoms with Crippen LogP contribution in [0.5, 0.6) is 0 Å². The Morgan fingerprint density at radius 1 is 1.19 bits per heavy atom. The third-order valence-corrected chi connectivity index (χ3v) is 5.51. The van der Waals surface area contributed by atoms with E-state index in [4.69, 9.17) is 0 Å². The van der Waals surface area contributed by atoms with Crippen LogP contribution >= 0.6 is 11.3 Å². The highest BCUT2D eigenvalue weighted by atomic mass is 32.2. The molecule has 0 saturated heterocycles. The summed E-state index contributed by atoms with van der Waals surface area (Å²) in [6, 6.07) is 8.84. The van der Waals surface area contributed by atoms with Crippen molar-refractivity contribution < 1.29 is 12.8 Å². The number of rotatable bonds is 6. The predicted molar refractivity (Wildman–Crippen MR) is 83.2 cm³/mol. The lowest BCUT2D eigenvalue weighted by Crippen LogP contribution is -2.29. The Morgan fingerprint density at radius 2 is 1.90 bits per heavy atom. The molecule has 0 aliphatic rings. The molecule has 0 spiro atoms. The third kappa shape index (κ3) is 4.12. The summed E-state index contributed by atoms with van der Waals surface area (Å²) in [5, 5.41) is 1.90. The second-order valence-electron chi connectivity index (χ2n) is 5.25. The zero-order chi connectivity index (χ0) is 15.5. The molecule has 0 aliphatic carbocycles. The van der Waals surface area contributed by atoms with Crippen LogP contribution in [0.3, 0.4) is 0 Å². The predicted octanol–water partition coefficient (Wildman–Crippen LogP) is 3.95. The summed E-state index contributed by atoms with van der Waals surface area (Å²) in [4.78, 5) is 0.624. The van der Waals surface area contributed by atoms with E-state index in [-0.39, 0.29) is 10.9 Å². The first-order chi connectivity index (χ1) is 9.90. The van der Waals surface area contributed by atoms with Gasteiger partial charge < -0.3 is 0 Å². The van der Waals surface area contributed by atoms with Crippen LogP contribution in [0, 0.1) is 11.7 Å². The van der Waals surface area contributed by atoms with Crippen LogP contribution in [0.15, 0.2) is 46.7 Å². The molecule has 1 atom stereocenters. The number of halogens is 1. The van der Waals surface area contributed by atoms with Gasteiger partial charge in [-0.25, -0.2) is 17.5 Å². The lowest BCUT2D eigenvalue weighted by atomic mass is 10.0. The van der Waals surface area contributed by atoms with E-state index in [0.29, 0.717) is 12.3 Å². The molecular formula is C15H18FNO2S2. The Labute approximate surface area is 128 Å². The minimum Gasteiger partial charge on any atom is -0.207 e. The minimum atomic E-state index is -3.88. The van der Waals surface area contributed by atoms with E-state index in [1.807, 2.05) is 31.4 Å². The van der Waals surface area contributed by atoms with Crippen molar-refractivity contribution in [3.63, 3.8) is 0 Å². The van der Waals surface area contributed by atoms with Crippen LogP contribution in [-0.2, 0) is 10.0 Å². The first kappa shape index (κ1) is 16.1. The molecule has 1 unspecified atom stereocenters. The molecule has 6 heteroatoms. The van der Waals surface area contributed by atoms with E-state index >= 15 is 0 Å². The monoisotopic (exact) mass is 327 g/mol. The van der Waals surface area contributed by atoms with Crippen LogP contribution in [-0.4, -0.2) is 8.42 Å². The van der Waals surface area contributed by atoms with Gasteiger partial charge in [-0.05, 0) is 35.9 Å². The minimum absolute atomic E-state index is 0.310. The van der Waals surface area contributed by atoms with Gasteiger partial charge in [0.25, 0.3) is 0 Å². The lowest BCUT2D eigenvalue weighted by molar-refractivity contribution is 0.474. The Hall–Kier alpha value is -1.24.